The van der Waals surface area contributed by atoms with Crippen LogP contribution in [0.2, 0.25) is 0 Å². The maximum atomic E-state index is 12.3. The van der Waals surface area contributed by atoms with Crippen molar-refractivity contribution in [3.05, 3.63) is 12.7 Å². The molecule has 2 rings (SSSR count). The van der Waals surface area contributed by atoms with Crippen molar-refractivity contribution in [1.29, 1.82) is 0 Å². The molecule has 1 aliphatic carbocycles. The van der Waals surface area contributed by atoms with E-state index in [0.717, 1.165) is 12.8 Å². The summed E-state index contributed by atoms with van der Waals surface area (Å²) >= 11 is 0. The van der Waals surface area contributed by atoms with E-state index in [2.05, 4.69) is 6.58 Å². The van der Waals surface area contributed by atoms with Crippen molar-refractivity contribution in [2.24, 2.45) is 5.41 Å². The summed E-state index contributed by atoms with van der Waals surface area (Å²) in [7, 11) is 0. The van der Waals surface area contributed by atoms with Crippen LogP contribution in [0.4, 0.5) is 4.79 Å². The molecule has 0 radical (unpaired) electrons. The lowest BCUT2D eigenvalue weighted by atomic mass is 9.90. The Labute approximate surface area is 107 Å². The summed E-state index contributed by atoms with van der Waals surface area (Å²) in [5, 5.41) is 9.17. The van der Waals surface area contributed by atoms with Gasteiger partial charge in [0.15, 0.2) is 0 Å². The molecule has 1 saturated carbocycles. The highest BCUT2D eigenvalue weighted by Crippen LogP contribution is 2.33. The standard InChI is InChI=1S/C13H20N2O3/c1-3-7-15(10-4-5-10)12(18)14-8-6-13(2,9-14)11(16)17/h3,10H,1,4-9H2,2H3,(H,16,17). The number of aliphatic carboxylic acids is 1. The van der Waals surface area contributed by atoms with Crippen LogP contribution in [-0.2, 0) is 4.79 Å². The Morgan fingerprint density at radius 2 is 2.22 bits per heavy atom. The summed E-state index contributed by atoms with van der Waals surface area (Å²) in [6.07, 6.45) is 4.34. The molecule has 5 heteroatoms. The molecule has 18 heavy (non-hydrogen) atoms. The molecule has 1 unspecified atom stereocenters. The molecule has 0 bridgehead atoms. The van der Waals surface area contributed by atoms with E-state index in [1.807, 2.05) is 0 Å². The van der Waals surface area contributed by atoms with E-state index in [-0.39, 0.29) is 6.03 Å². The second-order valence-corrected chi connectivity index (χ2v) is 5.49. The number of carbonyl (C=O) groups excluding carboxylic acids is 1. The highest BCUT2D eigenvalue weighted by Gasteiger charge is 2.44. The third-order valence-corrected chi connectivity index (χ3v) is 3.82. The van der Waals surface area contributed by atoms with Gasteiger partial charge in [-0.2, -0.15) is 0 Å². The number of nitrogens with zero attached hydrogens (tertiary/aromatic N) is 2. The van der Waals surface area contributed by atoms with Gasteiger partial charge in [-0.25, -0.2) is 4.79 Å². The van der Waals surface area contributed by atoms with Crippen molar-refractivity contribution in [3.63, 3.8) is 0 Å². The van der Waals surface area contributed by atoms with E-state index in [0.29, 0.717) is 32.1 Å². The zero-order chi connectivity index (χ0) is 13.3. The minimum atomic E-state index is -0.820. The Bertz CT molecular complexity index is 378. The lowest BCUT2D eigenvalue weighted by Crippen LogP contribution is -2.44. The van der Waals surface area contributed by atoms with Gasteiger partial charge in [0.1, 0.15) is 0 Å². The Morgan fingerprint density at radius 1 is 1.56 bits per heavy atom. The van der Waals surface area contributed by atoms with Crippen molar-refractivity contribution in [2.75, 3.05) is 19.6 Å². The van der Waals surface area contributed by atoms with Gasteiger partial charge in [-0.3, -0.25) is 4.79 Å². The first-order valence-corrected chi connectivity index (χ1v) is 6.38. The summed E-state index contributed by atoms with van der Waals surface area (Å²) in [5.41, 5.74) is -0.793. The van der Waals surface area contributed by atoms with E-state index in [4.69, 9.17) is 5.11 Å². The predicted molar refractivity (Wildman–Crippen MR) is 67.3 cm³/mol. The summed E-state index contributed by atoms with van der Waals surface area (Å²) in [6, 6.07) is 0.287. The molecule has 0 aromatic rings. The van der Waals surface area contributed by atoms with Crippen LogP contribution in [0.15, 0.2) is 12.7 Å². The molecule has 1 saturated heterocycles. The van der Waals surface area contributed by atoms with Crippen LogP contribution in [0.5, 0.6) is 0 Å². The van der Waals surface area contributed by atoms with Crippen molar-refractivity contribution in [3.8, 4) is 0 Å². The Morgan fingerprint density at radius 3 is 2.67 bits per heavy atom. The number of carboxylic acid groups (broad SMARTS) is 1. The Hall–Kier alpha value is -1.52. The molecule has 1 aliphatic heterocycles. The molecule has 1 heterocycles. The molecule has 2 aliphatic rings. The van der Waals surface area contributed by atoms with Gasteiger partial charge < -0.3 is 14.9 Å². The normalized spacial score (nSPS) is 27.1. The van der Waals surface area contributed by atoms with E-state index in [9.17, 15) is 9.59 Å². The minimum absolute atomic E-state index is 0.0395. The molecule has 5 nitrogen and oxygen atoms in total. The van der Waals surface area contributed by atoms with Crippen LogP contribution in [0.1, 0.15) is 26.2 Å². The van der Waals surface area contributed by atoms with E-state index in [1.165, 1.54) is 0 Å². The van der Waals surface area contributed by atoms with E-state index in [1.54, 1.807) is 22.8 Å². The number of carboxylic acids is 1. The molecule has 1 atom stereocenters. The van der Waals surface area contributed by atoms with Gasteiger partial charge in [0, 0.05) is 25.7 Å². The topological polar surface area (TPSA) is 60.9 Å². The first-order valence-electron chi connectivity index (χ1n) is 6.38. The lowest BCUT2D eigenvalue weighted by molar-refractivity contribution is -0.147. The van der Waals surface area contributed by atoms with Crippen LogP contribution < -0.4 is 0 Å². The maximum Gasteiger partial charge on any atom is 0.320 e. The van der Waals surface area contributed by atoms with Crippen LogP contribution in [0.25, 0.3) is 0 Å². The van der Waals surface area contributed by atoms with E-state index >= 15 is 0 Å². The molecule has 0 aromatic heterocycles. The molecule has 2 amide bonds. The van der Waals surface area contributed by atoms with Gasteiger partial charge >= 0.3 is 12.0 Å². The smallest absolute Gasteiger partial charge is 0.320 e. The van der Waals surface area contributed by atoms with Crippen molar-refractivity contribution in [1.82, 2.24) is 9.80 Å². The van der Waals surface area contributed by atoms with Gasteiger partial charge in [0.2, 0.25) is 0 Å². The monoisotopic (exact) mass is 252 g/mol. The number of rotatable bonds is 4. The van der Waals surface area contributed by atoms with Crippen LogP contribution in [0.3, 0.4) is 0 Å². The fourth-order valence-electron chi connectivity index (χ4n) is 2.39. The SMILES string of the molecule is C=CCN(C(=O)N1CCC(C)(C(=O)O)C1)C1CC1. The molecular formula is C13H20N2O3. The molecular weight excluding hydrogens is 232 g/mol. The number of urea groups is 1. The zero-order valence-corrected chi connectivity index (χ0v) is 10.8. The summed E-state index contributed by atoms with van der Waals surface area (Å²) in [4.78, 5) is 27.0. The lowest BCUT2D eigenvalue weighted by Gasteiger charge is -2.28. The van der Waals surface area contributed by atoms with Gasteiger partial charge in [0.25, 0.3) is 0 Å². The minimum Gasteiger partial charge on any atom is -0.481 e. The second kappa shape index (κ2) is 4.63. The fourth-order valence-corrected chi connectivity index (χ4v) is 2.39. The highest BCUT2D eigenvalue weighted by molar-refractivity contribution is 5.80. The fraction of sp³-hybridized carbons (Fsp3) is 0.692. The third kappa shape index (κ3) is 2.35. The van der Waals surface area contributed by atoms with Crippen LogP contribution in [-0.4, -0.2) is 52.6 Å². The van der Waals surface area contributed by atoms with Gasteiger partial charge in [0.05, 0.1) is 5.41 Å². The molecule has 1 N–H and O–H groups in total. The van der Waals surface area contributed by atoms with Gasteiger partial charge in [-0.05, 0) is 26.2 Å². The van der Waals surface area contributed by atoms with Crippen molar-refractivity contribution >= 4 is 12.0 Å². The average Bonchev–Trinajstić information content (AvgIpc) is 3.08. The molecule has 0 aromatic carbocycles. The van der Waals surface area contributed by atoms with Crippen LogP contribution in [0, 0.1) is 5.41 Å². The molecule has 0 spiro atoms. The Kier molecular flexibility index (Phi) is 3.32. The summed E-state index contributed by atoms with van der Waals surface area (Å²) in [6.45, 7) is 6.76. The van der Waals surface area contributed by atoms with Gasteiger partial charge in [-0.15, -0.1) is 6.58 Å². The third-order valence-electron chi connectivity index (χ3n) is 3.82. The number of amides is 2. The molecule has 2 fully saturated rings. The van der Waals surface area contributed by atoms with Crippen molar-refractivity contribution in [2.45, 2.75) is 32.2 Å². The average molecular weight is 252 g/mol. The second-order valence-electron chi connectivity index (χ2n) is 5.49. The summed E-state index contributed by atoms with van der Waals surface area (Å²) in [5.74, 6) is -0.820. The summed E-state index contributed by atoms with van der Waals surface area (Å²) < 4.78 is 0. The quantitative estimate of drug-likeness (QED) is 0.772. The first kappa shape index (κ1) is 12.9. The highest BCUT2D eigenvalue weighted by atomic mass is 16.4. The number of carbonyl (C=O) groups is 2. The predicted octanol–water partition coefficient (Wildman–Crippen LogP) is 1.55. The zero-order valence-electron chi connectivity index (χ0n) is 10.8. The number of hydrogen-bond donors (Lipinski definition) is 1. The number of hydrogen-bond acceptors (Lipinski definition) is 2. The van der Waals surface area contributed by atoms with Crippen molar-refractivity contribution < 1.29 is 14.7 Å². The number of likely N-dealkylation sites (tertiary alicyclic amines) is 1. The molecule has 100 valence electrons. The van der Waals surface area contributed by atoms with E-state index < -0.39 is 11.4 Å². The van der Waals surface area contributed by atoms with Crippen LogP contribution >= 0.6 is 0 Å². The Balaban J connectivity index is 2.01. The largest absolute Gasteiger partial charge is 0.481 e. The maximum absolute atomic E-state index is 12.3. The first-order chi connectivity index (χ1) is 8.48. The van der Waals surface area contributed by atoms with Gasteiger partial charge in [-0.1, -0.05) is 6.08 Å².